The summed E-state index contributed by atoms with van der Waals surface area (Å²) in [5, 5.41) is 2.21. The van der Waals surface area contributed by atoms with Crippen LogP contribution in [0.15, 0.2) is 88.7 Å². The number of pyridine rings is 1. The molecule has 1 amide bonds. The van der Waals surface area contributed by atoms with Gasteiger partial charge in [-0.3, -0.25) is 19.3 Å². The van der Waals surface area contributed by atoms with Crippen molar-refractivity contribution in [3.8, 4) is 5.75 Å². The molecule has 2 saturated carbocycles. The second kappa shape index (κ2) is 10.5. The van der Waals surface area contributed by atoms with E-state index >= 15 is 4.39 Å². The largest absolute Gasteiger partial charge is 0.482 e. The Balaban J connectivity index is 1.29. The molecule has 9 heteroatoms. The van der Waals surface area contributed by atoms with Crippen LogP contribution in [0.4, 0.5) is 8.78 Å². The van der Waals surface area contributed by atoms with Gasteiger partial charge in [-0.05, 0) is 83.9 Å². The molecule has 6 nitrogen and oxygen atoms in total. The molecule has 9 rings (SSSR count). The number of thioether (sulfide) groups is 1. The molecule has 4 aromatic rings. The van der Waals surface area contributed by atoms with Crippen molar-refractivity contribution in [3.05, 3.63) is 129 Å². The second-order valence-electron chi connectivity index (χ2n) is 13.5. The van der Waals surface area contributed by atoms with E-state index in [0.29, 0.717) is 23.8 Å². The summed E-state index contributed by atoms with van der Waals surface area (Å²) in [5.74, 6) is -0.662. The Morgan fingerprint density at radius 3 is 2.59 bits per heavy atom. The number of aromatic nitrogens is 1. The number of amides is 1. The molecule has 2 aliphatic carbocycles. The van der Waals surface area contributed by atoms with Crippen molar-refractivity contribution < 1.29 is 18.3 Å². The van der Waals surface area contributed by atoms with Gasteiger partial charge in [0.1, 0.15) is 12.8 Å². The summed E-state index contributed by atoms with van der Waals surface area (Å²) in [5.41, 5.74) is 3.19. The molecule has 0 N–H and O–H groups in total. The molecule has 0 radical (unpaired) electrons. The van der Waals surface area contributed by atoms with Crippen LogP contribution >= 0.6 is 11.8 Å². The average molecular weight is 638 g/mol. The van der Waals surface area contributed by atoms with Crippen LogP contribution in [0.25, 0.3) is 0 Å². The SMILES string of the molecule is O=C1c2c(OCc3ccccc3)c(=O)ccn2N(C2c3cc(F)c(F)cc3CSc3ccccc32)[C@@H]2[C@H]3C[C@@H]4CC[C@@]3(CCN12)C4. The van der Waals surface area contributed by atoms with E-state index in [0.717, 1.165) is 40.8 Å². The summed E-state index contributed by atoms with van der Waals surface area (Å²) >= 11 is 1.61. The highest BCUT2D eigenvalue weighted by Crippen LogP contribution is 2.64. The fourth-order valence-corrected chi connectivity index (χ4v) is 10.3. The number of rotatable bonds is 4. The molecular formula is C37H33F2N3O3S. The van der Waals surface area contributed by atoms with E-state index in [9.17, 15) is 14.0 Å². The van der Waals surface area contributed by atoms with Crippen LogP contribution < -0.4 is 15.2 Å². The van der Waals surface area contributed by atoms with E-state index in [1.54, 1.807) is 18.0 Å². The van der Waals surface area contributed by atoms with Crippen LogP contribution in [-0.4, -0.2) is 28.2 Å². The Morgan fingerprint density at radius 1 is 0.935 bits per heavy atom. The number of carbonyl (C=O) groups excluding carboxylic acids is 1. The highest BCUT2D eigenvalue weighted by atomic mass is 32.2. The number of carbonyl (C=O) groups is 1. The highest BCUT2D eigenvalue weighted by Gasteiger charge is 2.62. The minimum Gasteiger partial charge on any atom is -0.482 e. The van der Waals surface area contributed by atoms with Gasteiger partial charge in [0.05, 0.1) is 6.04 Å². The highest BCUT2D eigenvalue weighted by molar-refractivity contribution is 7.98. The first-order valence-electron chi connectivity index (χ1n) is 16.1. The summed E-state index contributed by atoms with van der Waals surface area (Å²) in [6.07, 6.45) is 6.82. The van der Waals surface area contributed by atoms with Gasteiger partial charge in [-0.1, -0.05) is 48.5 Å². The first kappa shape index (κ1) is 28.1. The third-order valence-electron chi connectivity index (χ3n) is 11.2. The van der Waals surface area contributed by atoms with E-state index in [1.165, 1.54) is 31.0 Å². The number of nitrogens with zero attached hydrogens (tertiary/aromatic N) is 3. The molecule has 3 aliphatic heterocycles. The molecule has 5 aliphatic rings. The molecule has 1 spiro atoms. The normalized spacial score (nSPS) is 27.3. The lowest BCUT2D eigenvalue weighted by Crippen LogP contribution is -2.69. The first-order chi connectivity index (χ1) is 22.4. The number of hydrogen-bond acceptors (Lipinski definition) is 5. The van der Waals surface area contributed by atoms with Crippen molar-refractivity contribution in [1.29, 1.82) is 0 Å². The van der Waals surface area contributed by atoms with Gasteiger partial charge in [-0.25, -0.2) is 8.78 Å². The van der Waals surface area contributed by atoms with Gasteiger partial charge in [-0.2, -0.15) is 0 Å². The van der Waals surface area contributed by atoms with Crippen LogP contribution in [0.5, 0.6) is 5.75 Å². The molecule has 5 atom stereocenters. The van der Waals surface area contributed by atoms with Gasteiger partial charge in [0, 0.05) is 35.4 Å². The van der Waals surface area contributed by atoms with Gasteiger partial charge >= 0.3 is 0 Å². The van der Waals surface area contributed by atoms with E-state index in [-0.39, 0.29) is 46.9 Å². The van der Waals surface area contributed by atoms with E-state index < -0.39 is 17.7 Å². The van der Waals surface area contributed by atoms with Crippen LogP contribution in [0, 0.1) is 28.9 Å². The van der Waals surface area contributed by atoms with Crippen molar-refractivity contribution in [1.82, 2.24) is 9.58 Å². The number of hydrogen-bond donors (Lipinski definition) is 0. The van der Waals surface area contributed by atoms with Gasteiger partial charge in [0.25, 0.3) is 5.91 Å². The van der Waals surface area contributed by atoms with Crippen LogP contribution in [0.3, 0.4) is 0 Å². The molecule has 1 aromatic heterocycles. The Labute approximate surface area is 269 Å². The topological polar surface area (TPSA) is 54.8 Å². The third-order valence-corrected chi connectivity index (χ3v) is 12.4. The summed E-state index contributed by atoms with van der Waals surface area (Å²) in [7, 11) is 0. The van der Waals surface area contributed by atoms with E-state index in [2.05, 4.69) is 17.1 Å². The number of halogens is 2. The zero-order valence-corrected chi connectivity index (χ0v) is 26.0. The lowest BCUT2D eigenvalue weighted by atomic mass is 9.67. The van der Waals surface area contributed by atoms with Crippen molar-refractivity contribution in [2.75, 3.05) is 11.6 Å². The van der Waals surface area contributed by atoms with Crippen LogP contribution in [0.2, 0.25) is 0 Å². The fourth-order valence-electron chi connectivity index (χ4n) is 9.25. The summed E-state index contributed by atoms with van der Waals surface area (Å²) in [4.78, 5) is 31.1. The molecule has 3 aromatic carbocycles. The first-order valence-corrected chi connectivity index (χ1v) is 17.1. The monoisotopic (exact) mass is 637 g/mol. The molecule has 4 heterocycles. The standard InChI is InChI=1S/C37H33F2N3O3S/c38-28-17-24-21-46-31-9-5-4-8-25(31)32(26(24)18-29(28)39)42-35-27-16-23-10-12-37(27,19-23)13-15-40(35)36(44)33-34(30(43)11-14-41(33)42)45-20-22-6-2-1-3-7-22/h1-9,11,14,17-18,23,27,32,35H,10,12-13,15-16,19-21H2/t23-,27+,32?,35+,37+/m0/s1. The minimum atomic E-state index is -0.898. The Morgan fingerprint density at radius 2 is 1.74 bits per heavy atom. The molecular weight excluding hydrogens is 604 g/mol. The van der Waals surface area contributed by atoms with Crippen LogP contribution in [-0.2, 0) is 12.4 Å². The number of benzene rings is 3. The lowest BCUT2D eigenvalue weighted by molar-refractivity contribution is -0.0217. The van der Waals surface area contributed by atoms with Gasteiger partial charge in [0.2, 0.25) is 5.43 Å². The Hall–Kier alpha value is -4.11. The van der Waals surface area contributed by atoms with Crippen molar-refractivity contribution in [2.24, 2.45) is 17.3 Å². The van der Waals surface area contributed by atoms with Crippen molar-refractivity contribution in [2.45, 2.75) is 61.6 Å². The van der Waals surface area contributed by atoms with Gasteiger partial charge < -0.3 is 9.64 Å². The van der Waals surface area contributed by atoms with E-state index in [4.69, 9.17) is 4.74 Å². The summed E-state index contributed by atoms with van der Waals surface area (Å²) in [6, 6.07) is 21.2. The maximum Gasteiger partial charge on any atom is 0.278 e. The summed E-state index contributed by atoms with van der Waals surface area (Å²) < 4.78 is 38.1. The maximum absolute atomic E-state index is 15.2. The Kier molecular flexibility index (Phi) is 6.40. The zero-order valence-electron chi connectivity index (χ0n) is 25.2. The Bertz CT molecular complexity index is 1950. The van der Waals surface area contributed by atoms with Crippen molar-refractivity contribution >= 4 is 17.7 Å². The third kappa shape index (κ3) is 4.13. The second-order valence-corrected chi connectivity index (χ2v) is 14.5. The molecule has 2 bridgehead atoms. The maximum atomic E-state index is 15.2. The predicted molar refractivity (Wildman–Crippen MR) is 171 cm³/mol. The average Bonchev–Trinajstić information content (AvgIpc) is 3.61. The molecule has 234 valence electrons. The quantitative estimate of drug-likeness (QED) is 0.241. The molecule has 1 unspecified atom stereocenters. The smallest absolute Gasteiger partial charge is 0.278 e. The van der Waals surface area contributed by atoms with Gasteiger partial charge in [0.15, 0.2) is 23.1 Å². The number of piperidine rings is 1. The summed E-state index contributed by atoms with van der Waals surface area (Å²) in [6.45, 7) is 0.700. The number of ether oxygens (including phenoxy) is 1. The lowest BCUT2D eigenvalue weighted by Gasteiger charge is -2.58. The van der Waals surface area contributed by atoms with E-state index in [1.807, 2.05) is 52.0 Å². The predicted octanol–water partition coefficient (Wildman–Crippen LogP) is 7.03. The molecule has 3 fully saturated rings. The van der Waals surface area contributed by atoms with Crippen molar-refractivity contribution in [3.63, 3.8) is 0 Å². The van der Waals surface area contributed by atoms with Gasteiger partial charge in [-0.15, -0.1) is 11.8 Å². The molecule has 46 heavy (non-hydrogen) atoms. The van der Waals surface area contributed by atoms with Crippen LogP contribution in [0.1, 0.15) is 70.9 Å². The zero-order chi connectivity index (χ0) is 31.2. The molecule has 1 saturated heterocycles. The number of fused-ring (bicyclic) bond motifs is 6. The minimum absolute atomic E-state index is 0.00910. The fraction of sp³-hybridized carbons (Fsp3) is 0.351.